The maximum atomic E-state index is 6.39. The molecule has 1 heterocycles. The predicted octanol–water partition coefficient (Wildman–Crippen LogP) is 20.0. The van der Waals surface area contributed by atoms with Gasteiger partial charge in [-0.3, -0.25) is 0 Å². The Morgan fingerprint density at radius 2 is 0.575 bits per heavy atom. The van der Waals surface area contributed by atoms with E-state index < -0.39 is 0 Å². The normalized spacial score (nSPS) is 11.3. The summed E-state index contributed by atoms with van der Waals surface area (Å²) in [4.78, 5) is 4.64. The highest BCUT2D eigenvalue weighted by atomic mass is 16.3. The second-order valence-electron chi connectivity index (χ2n) is 18.5. The van der Waals surface area contributed by atoms with E-state index in [0.29, 0.717) is 0 Å². The summed E-state index contributed by atoms with van der Waals surface area (Å²) < 4.78 is 6.39. The monoisotopic (exact) mass is 932 g/mol. The zero-order valence-corrected chi connectivity index (χ0v) is 40.0. The fourth-order valence-corrected chi connectivity index (χ4v) is 10.4. The van der Waals surface area contributed by atoms with E-state index in [9.17, 15) is 0 Å². The minimum Gasteiger partial charge on any atom is -0.456 e. The van der Waals surface area contributed by atoms with Crippen LogP contribution in [0, 0.1) is 0 Å². The fraction of sp³-hybridized carbons (Fsp3) is 0. The molecule has 0 fully saturated rings. The average molecular weight is 933 g/mol. The van der Waals surface area contributed by atoms with Gasteiger partial charge in [-0.05, 0) is 163 Å². The zero-order chi connectivity index (χ0) is 48.5. The van der Waals surface area contributed by atoms with E-state index in [2.05, 4.69) is 289 Å². The molecule has 0 aliphatic carbocycles. The number of hydrogen-bond donors (Lipinski definition) is 0. The van der Waals surface area contributed by atoms with Crippen molar-refractivity contribution in [3.63, 3.8) is 0 Å². The van der Waals surface area contributed by atoms with E-state index in [4.69, 9.17) is 4.42 Å². The Morgan fingerprint density at radius 1 is 0.205 bits per heavy atom. The Balaban J connectivity index is 0.893. The molecule has 0 radical (unpaired) electrons. The van der Waals surface area contributed by atoms with Gasteiger partial charge in [0.15, 0.2) is 0 Å². The summed E-state index contributed by atoms with van der Waals surface area (Å²) in [6, 6.07) is 105. The first kappa shape index (κ1) is 43.3. The Morgan fingerprint density at radius 3 is 1.11 bits per heavy atom. The number of anilines is 6. The Hall–Kier alpha value is -9.70. The molecule has 1 aromatic heterocycles. The summed E-state index contributed by atoms with van der Waals surface area (Å²) in [5.74, 6) is 0. The molecule has 344 valence electrons. The van der Waals surface area contributed by atoms with Gasteiger partial charge >= 0.3 is 0 Å². The van der Waals surface area contributed by atoms with E-state index in [1.165, 1.54) is 38.6 Å². The van der Waals surface area contributed by atoms with Gasteiger partial charge in [0.1, 0.15) is 11.2 Å². The van der Waals surface area contributed by atoms with Crippen LogP contribution in [-0.2, 0) is 0 Å². The van der Waals surface area contributed by atoms with E-state index in [1.807, 2.05) is 12.1 Å². The molecule has 0 amide bonds. The highest BCUT2D eigenvalue weighted by molar-refractivity contribution is 6.06. The molecule has 73 heavy (non-hydrogen) atoms. The third-order valence-corrected chi connectivity index (χ3v) is 14.1. The van der Waals surface area contributed by atoms with E-state index in [0.717, 1.165) is 83.9 Å². The van der Waals surface area contributed by atoms with Crippen LogP contribution in [0.4, 0.5) is 34.1 Å². The molecule has 0 atom stereocenters. The summed E-state index contributed by atoms with van der Waals surface area (Å²) in [5.41, 5.74) is 19.8. The van der Waals surface area contributed by atoms with Crippen LogP contribution in [0.2, 0.25) is 0 Å². The first-order valence-corrected chi connectivity index (χ1v) is 24.9. The number of hydrogen-bond acceptors (Lipinski definition) is 3. The molecule has 12 aromatic carbocycles. The lowest BCUT2D eigenvalue weighted by Crippen LogP contribution is -2.09. The van der Waals surface area contributed by atoms with E-state index in [1.54, 1.807) is 0 Å². The first-order valence-electron chi connectivity index (χ1n) is 24.9. The summed E-state index contributed by atoms with van der Waals surface area (Å²) in [7, 11) is 0. The van der Waals surface area contributed by atoms with Crippen molar-refractivity contribution in [3.8, 4) is 55.6 Å². The van der Waals surface area contributed by atoms with Gasteiger partial charge in [0, 0.05) is 51.0 Å². The lowest BCUT2D eigenvalue weighted by atomic mass is 9.85. The van der Waals surface area contributed by atoms with Crippen molar-refractivity contribution in [2.24, 2.45) is 0 Å². The maximum Gasteiger partial charge on any atom is 0.137 e. The van der Waals surface area contributed by atoms with Crippen molar-refractivity contribution in [1.29, 1.82) is 0 Å². The molecule has 3 nitrogen and oxygen atoms in total. The summed E-state index contributed by atoms with van der Waals surface area (Å²) >= 11 is 0. The highest BCUT2D eigenvalue weighted by Crippen LogP contribution is 2.45. The number of rotatable bonds is 11. The molecule has 0 bridgehead atoms. The van der Waals surface area contributed by atoms with Crippen molar-refractivity contribution < 1.29 is 4.42 Å². The minimum atomic E-state index is 0.864. The second kappa shape index (κ2) is 18.9. The van der Waals surface area contributed by atoms with Crippen molar-refractivity contribution >= 4 is 66.8 Å². The van der Waals surface area contributed by atoms with Gasteiger partial charge in [-0.2, -0.15) is 0 Å². The summed E-state index contributed by atoms with van der Waals surface area (Å²) in [5, 5.41) is 4.72. The van der Waals surface area contributed by atoms with E-state index >= 15 is 0 Å². The van der Waals surface area contributed by atoms with Crippen LogP contribution in [0.25, 0.3) is 88.3 Å². The van der Waals surface area contributed by atoms with Gasteiger partial charge in [0.05, 0.1) is 0 Å². The summed E-state index contributed by atoms with van der Waals surface area (Å²) in [6.07, 6.45) is 0. The molecule has 0 aliphatic rings. The minimum absolute atomic E-state index is 0.864. The molecular weight excluding hydrogens is 885 g/mol. The predicted molar refractivity (Wildman–Crippen MR) is 308 cm³/mol. The molecule has 0 saturated heterocycles. The number of fused-ring (bicyclic) bond motifs is 4. The van der Waals surface area contributed by atoms with Gasteiger partial charge in [-0.25, -0.2) is 0 Å². The molecule has 0 N–H and O–H groups in total. The standard InChI is InChI=1S/C70H48N2O/c1-5-18-51(19-6-1)65-48-68(54-35-41-61(42-36-54)72(58-25-11-4-12-26-58)62-43-44-64-63-27-15-16-28-69(63)73-70(64)46-62)66(52-20-7-2-8-21-52)47-67(65)53-33-39-60(40-34-53)71(57-23-9-3-10-24-57)59-37-31-50(32-38-59)56-30-29-49-17-13-14-22-55(49)45-56/h1-48H. The highest BCUT2D eigenvalue weighted by Gasteiger charge is 2.20. The quantitative estimate of drug-likeness (QED) is 0.129. The largest absolute Gasteiger partial charge is 0.456 e. The molecule has 3 heteroatoms. The average Bonchev–Trinajstić information content (AvgIpc) is 3.84. The number of benzene rings is 12. The number of para-hydroxylation sites is 3. The van der Waals surface area contributed by atoms with Crippen LogP contribution >= 0.6 is 0 Å². The van der Waals surface area contributed by atoms with Crippen LogP contribution in [-0.4, -0.2) is 0 Å². The van der Waals surface area contributed by atoms with Crippen LogP contribution in [0.3, 0.4) is 0 Å². The molecule has 0 saturated carbocycles. The third kappa shape index (κ3) is 8.39. The van der Waals surface area contributed by atoms with Crippen LogP contribution in [0.15, 0.2) is 296 Å². The first-order chi connectivity index (χ1) is 36.2. The lowest BCUT2D eigenvalue weighted by Gasteiger charge is -2.26. The zero-order valence-electron chi connectivity index (χ0n) is 40.0. The Bertz CT molecular complexity index is 4040. The topological polar surface area (TPSA) is 19.6 Å². The molecule has 0 unspecified atom stereocenters. The maximum absolute atomic E-state index is 6.39. The van der Waals surface area contributed by atoms with E-state index in [-0.39, 0.29) is 0 Å². The van der Waals surface area contributed by atoms with Crippen LogP contribution in [0.5, 0.6) is 0 Å². The summed E-state index contributed by atoms with van der Waals surface area (Å²) in [6.45, 7) is 0. The molecule has 0 aliphatic heterocycles. The number of nitrogens with zero attached hydrogens (tertiary/aromatic N) is 2. The fourth-order valence-electron chi connectivity index (χ4n) is 10.4. The van der Waals surface area contributed by atoms with Crippen molar-refractivity contribution in [2.45, 2.75) is 0 Å². The Labute approximate surface area is 425 Å². The van der Waals surface area contributed by atoms with Crippen molar-refractivity contribution in [2.75, 3.05) is 9.80 Å². The van der Waals surface area contributed by atoms with Gasteiger partial charge in [-0.1, -0.05) is 188 Å². The van der Waals surface area contributed by atoms with Crippen molar-refractivity contribution in [1.82, 2.24) is 0 Å². The SMILES string of the molecule is c1ccc(-c2cc(-c3ccc(N(c4ccccc4)c4ccc5c(c4)oc4ccccc45)cc3)c(-c3ccccc3)cc2-c2ccc(N(c3ccccc3)c3ccc(-c4ccc5ccccc5c4)cc3)cc2)cc1. The van der Waals surface area contributed by atoms with Crippen LogP contribution < -0.4 is 9.80 Å². The molecular formula is C70H48N2O. The smallest absolute Gasteiger partial charge is 0.137 e. The molecule has 13 aromatic rings. The lowest BCUT2D eigenvalue weighted by molar-refractivity contribution is 0.669. The van der Waals surface area contributed by atoms with Gasteiger partial charge < -0.3 is 14.2 Å². The van der Waals surface area contributed by atoms with Gasteiger partial charge in [0.2, 0.25) is 0 Å². The van der Waals surface area contributed by atoms with Gasteiger partial charge in [0.25, 0.3) is 0 Å². The second-order valence-corrected chi connectivity index (χ2v) is 18.5. The van der Waals surface area contributed by atoms with Crippen LogP contribution in [0.1, 0.15) is 0 Å². The third-order valence-electron chi connectivity index (χ3n) is 14.1. The van der Waals surface area contributed by atoms with Gasteiger partial charge in [-0.15, -0.1) is 0 Å². The number of furan rings is 1. The Kier molecular flexibility index (Phi) is 11.2. The van der Waals surface area contributed by atoms with Crippen molar-refractivity contribution in [3.05, 3.63) is 291 Å². The molecule has 13 rings (SSSR count). The molecule has 0 spiro atoms.